The summed E-state index contributed by atoms with van der Waals surface area (Å²) in [6.45, 7) is 0. The lowest BCUT2D eigenvalue weighted by molar-refractivity contribution is 0.106. The van der Waals surface area contributed by atoms with Crippen molar-refractivity contribution >= 4 is 135 Å². The molecule has 0 atom stereocenters. The van der Waals surface area contributed by atoms with Crippen molar-refractivity contribution in [2.45, 2.75) is 19.6 Å². The summed E-state index contributed by atoms with van der Waals surface area (Å²) in [7, 11) is -23.1. The maximum absolute atomic E-state index is 14.1. The summed E-state index contributed by atoms with van der Waals surface area (Å²) in [6, 6.07) is 22.2. The van der Waals surface area contributed by atoms with Crippen LogP contribution in [-0.2, 0) is 50.6 Å². The number of fused-ring (bicyclic) bond motifs is 3. The number of hydrogen-bond donors (Lipinski definition) is 7. The fourth-order valence-corrected chi connectivity index (χ4v) is 9.89. The standard InChI is InChI=1S/C43H31N9O17S5/c1-69-38-21-37(49-48-36-15-14-35(28-10-8-26(18-31(28)36)72(60,61)62)47-45-22-4-2-6-24(16-22)70(54,55)56)32-19-27(73(63,64)65)9-11-29(32)41(38)51-52-42-39(74(66,67)68)20-33-30(43(42)53)12-13-34(44)40(33)50-46-23-5-3-7-25(17-23)71(57,58)59/h2-21,51H,44H2,1H3,(H,54,55,56)(H,57,58,59)(H,60,61,62)(H,63,64,65)(H,66,67,68). The largest absolute Gasteiger partial charge is 0.494 e. The molecular formula is C43H31N9O17S5. The van der Waals surface area contributed by atoms with E-state index in [1.165, 1.54) is 67.8 Å². The lowest BCUT2D eigenvalue weighted by atomic mass is 9.92. The van der Waals surface area contributed by atoms with Gasteiger partial charge in [0, 0.05) is 38.7 Å². The Labute approximate surface area is 418 Å². The third-order valence-electron chi connectivity index (χ3n) is 10.6. The fourth-order valence-electron chi connectivity index (χ4n) is 7.18. The molecule has 0 saturated heterocycles. The van der Waals surface area contributed by atoms with Crippen molar-refractivity contribution in [3.05, 3.63) is 131 Å². The first-order valence-corrected chi connectivity index (χ1v) is 27.4. The van der Waals surface area contributed by atoms with Gasteiger partial charge in [0.05, 0.1) is 60.8 Å². The Morgan fingerprint density at radius 2 is 0.986 bits per heavy atom. The molecule has 0 fully saturated rings. The van der Waals surface area contributed by atoms with Gasteiger partial charge in [-0.15, -0.1) is 20.5 Å². The predicted octanol–water partition coefficient (Wildman–Crippen LogP) is 8.71. The first-order valence-electron chi connectivity index (χ1n) is 20.2. The second-order valence-corrected chi connectivity index (χ2v) is 22.4. The third kappa shape index (κ3) is 11.0. The summed E-state index contributed by atoms with van der Waals surface area (Å²) >= 11 is 0. The number of rotatable bonds is 14. The van der Waals surface area contributed by atoms with Gasteiger partial charge in [-0.1, -0.05) is 24.3 Å². The van der Waals surface area contributed by atoms with Crippen molar-refractivity contribution in [3.8, 4) is 5.75 Å². The summed E-state index contributed by atoms with van der Waals surface area (Å²) in [4.78, 5) is 10.8. The average molecular weight is 1110 g/mol. The number of carbonyl (C=O) groups is 1. The number of allylic oxidation sites excluding steroid dienone is 1. The molecular weight excluding hydrogens is 1070 g/mol. The molecule has 0 bridgehead atoms. The molecule has 74 heavy (non-hydrogen) atoms. The summed E-state index contributed by atoms with van der Waals surface area (Å²) in [5.74, 6) is -1.28. The van der Waals surface area contributed by atoms with Gasteiger partial charge in [-0.3, -0.25) is 33.0 Å². The first kappa shape index (κ1) is 52.2. The van der Waals surface area contributed by atoms with E-state index in [9.17, 15) is 69.6 Å². The molecule has 26 nitrogen and oxygen atoms in total. The Morgan fingerprint density at radius 1 is 0.500 bits per heavy atom. The van der Waals surface area contributed by atoms with Gasteiger partial charge in [0.25, 0.3) is 50.6 Å². The highest BCUT2D eigenvalue weighted by molar-refractivity contribution is 7.91. The number of nitrogen functional groups attached to an aromatic ring is 1. The van der Waals surface area contributed by atoms with Gasteiger partial charge in [-0.05, 0) is 91.0 Å². The summed E-state index contributed by atoms with van der Waals surface area (Å²) in [5.41, 5.74) is 6.36. The molecule has 8 rings (SSSR count). The number of benzene rings is 7. The number of Topliss-reactive ketones (excluding diaryl/α,β-unsaturated/α-hetero) is 1. The van der Waals surface area contributed by atoms with Crippen LogP contribution in [0.1, 0.15) is 15.9 Å². The number of ether oxygens (including phenoxy) is 1. The maximum Gasteiger partial charge on any atom is 0.296 e. The minimum Gasteiger partial charge on any atom is -0.494 e. The van der Waals surface area contributed by atoms with E-state index >= 15 is 0 Å². The van der Waals surface area contributed by atoms with Gasteiger partial charge in [-0.25, -0.2) is 0 Å². The third-order valence-corrected chi connectivity index (χ3v) is 14.9. The predicted molar refractivity (Wildman–Crippen MR) is 265 cm³/mol. The lowest BCUT2D eigenvalue weighted by Gasteiger charge is -2.19. The molecule has 0 radical (unpaired) electrons. The van der Waals surface area contributed by atoms with E-state index < -0.39 is 86.6 Å². The molecule has 7 aromatic carbocycles. The second kappa shape index (κ2) is 19.4. The zero-order valence-corrected chi connectivity index (χ0v) is 41.0. The Morgan fingerprint density at radius 3 is 1.53 bits per heavy atom. The van der Waals surface area contributed by atoms with Gasteiger partial charge in [0.2, 0.25) is 5.78 Å². The van der Waals surface area contributed by atoms with Crippen LogP contribution in [0.2, 0.25) is 0 Å². The van der Waals surface area contributed by atoms with E-state index in [0.717, 1.165) is 60.7 Å². The number of nitrogens with one attached hydrogen (secondary N) is 1. The fraction of sp³-hybridized carbons (Fsp3) is 0.0233. The van der Waals surface area contributed by atoms with E-state index in [4.69, 9.17) is 10.5 Å². The van der Waals surface area contributed by atoms with Crippen molar-refractivity contribution in [1.82, 2.24) is 0 Å². The highest BCUT2D eigenvalue weighted by Gasteiger charge is 2.35. The van der Waals surface area contributed by atoms with E-state index in [1.54, 1.807) is 0 Å². The number of carbonyl (C=O) groups excluding carboxylic acids is 1. The van der Waals surface area contributed by atoms with Crippen LogP contribution >= 0.6 is 0 Å². The topological polar surface area (TPSA) is 423 Å². The van der Waals surface area contributed by atoms with Crippen LogP contribution in [0.5, 0.6) is 5.75 Å². The minimum absolute atomic E-state index is 0.000713. The van der Waals surface area contributed by atoms with Crippen molar-refractivity contribution < 1.29 is 74.4 Å². The van der Waals surface area contributed by atoms with Gasteiger partial charge in [-0.2, -0.15) is 57.4 Å². The van der Waals surface area contributed by atoms with Crippen molar-refractivity contribution in [3.63, 3.8) is 0 Å². The van der Waals surface area contributed by atoms with Crippen LogP contribution < -0.4 is 15.9 Å². The number of nitrogens with zero attached hydrogens (tertiary/aromatic N) is 7. The number of hydrogen-bond acceptors (Lipinski definition) is 21. The SMILES string of the molecule is COc1cc(N=Nc2ccc(N=Nc3cccc(S(=O)(=O)O)c3)c3ccc(S(=O)(=O)O)cc23)c2cc(S(=O)(=O)O)ccc2c1NN=C1C(=O)c2ccc(N)c(N=Nc3cccc(S(=O)(=O)O)c3)c2C=C1S(=O)(=O)O. The number of methoxy groups -OCH3 is 1. The molecule has 0 unspecified atom stereocenters. The monoisotopic (exact) mass is 1110 g/mol. The van der Waals surface area contributed by atoms with Gasteiger partial charge < -0.3 is 10.5 Å². The highest BCUT2D eigenvalue weighted by atomic mass is 32.2. The summed E-state index contributed by atoms with van der Waals surface area (Å²) in [5, 5.41) is 28.7. The number of nitrogens with two attached hydrogens (primary N) is 1. The molecule has 0 aromatic heterocycles. The molecule has 380 valence electrons. The van der Waals surface area contributed by atoms with Crippen LogP contribution in [0, 0.1) is 0 Å². The van der Waals surface area contributed by atoms with Crippen LogP contribution in [0.4, 0.5) is 45.5 Å². The van der Waals surface area contributed by atoms with Crippen molar-refractivity contribution in [1.29, 1.82) is 0 Å². The van der Waals surface area contributed by atoms with E-state index in [0.29, 0.717) is 0 Å². The van der Waals surface area contributed by atoms with Gasteiger partial charge in [0.1, 0.15) is 22.0 Å². The lowest BCUT2D eigenvalue weighted by Crippen LogP contribution is -2.27. The quantitative estimate of drug-likeness (QED) is 0.0231. The average Bonchev–Trinajstić information content (AvgIpc) is 3.33. The van der Waals surface area contributed by atoms with Crippen LogP contribution in [0.3, 0.4) is 0 Å². The number of hydrazone groups is 1. The summed E-state index contributed by atoms with van der Waals surface area (Å²) in [6.07, 6.45) is 0.826. The molecule has 0 heterocycles. The molecule has 0 aliphatic heterocycles. The van der Waals surface area contributed by atoms with Crippen LogP contribution in [-0.4, -0.2) is 83.5 Å². The van der Waals surface area contributed by atoms with Crippen molar-refractivity contribution in [2.75, 3.05) is 18.3 Å². The molecule has 0 amide bonds. The van der Waals surface area contributed by atoms with Crippen LogP contribution in [0.25, 0.3) is 27.6 Å². The van der Waals surface area contributed by atoms with E-state index in [-0.39, 0.29) is 83.9 Å². The number of anilines is 2. The molecule has 1 aliphatic carbocycles. The number of ketones is 1. The summed E-state index contributed by atoms with van der Waals surface area (Å²) < 4.78 is 177. The van der Waals surface area contributed by atoms with E-state index in [2.05, 4.69) is 41.2 Å². The molecule has 8 N–H and O–H groups in total. The van der Waals surface area contributed by atoms with Gasteiger partial charge >= 0.3 is 0 Å². The molecule has 31 heteroatoms. The Bertz CT molecular complexity index is 4340. The van der Waals surface area contributed by atoms with Crippen LogP contribution in [0.15, 0.2) is 176 Å². The van der Waals surface area contributed by atoms with Gasteiger partial charge in [0.15, 0.2) is 5.71 Å². The zero-order chi connectivity index (χ0) is 53.7. The first-order chi connectivity index (χ1) is 34.6. The Hall–Kier alpha value is -8.11. The van der Waals surface area contributed by atoms with Crippen molar-refractivity contribution in [2.24, 2.45) is 35.8 Å². The highest BCUT2D eigenvalue weighted by Crippen LogP contribution is 2.44. The second-order valence-electron chi connectivity index (χ2n) is 15.3. The smallest absolute Gasteiger partial charge is 0.296 e. The van der Waals surface area contributed by atoms with E-state index in [1.807, 2.05) is 0 Å². The molecule has 0 spiro atoms. The molecule has 0 saturated carbocycles. The Balaban J connectivity index is 1.23. The Kier molecular flexibility index (Phi) is 13.7. The normalized spacial score (nSPS) is 14.4. The molecule has 1 aliphatic rings. The number of azo groups is 3. The maximum atomic E-state index is 14.1. The molecule has 7 aromatic rings. The minimum atomic E-state index is -5.32. The zero-order valence-electron chi connectivity index (χ0n) is 36.9.